The van der Waals surface area contributed by atoms with Crippen LogP contribution in [0.3, 0.4) is 0 Å². The predicted octanol–water partition coefficient (Wildman–Crippen LogP) is 5.03. The summed E-state index contributed by atoms with van der Waals surface area (Å²) in [6.07, 6.45) is 1.82. The van der Waals surface area contributed by atoms with Gasteiger partial charge in [-0.25, -0.2) is 4.98 Å². The van der Waals surface area contributed by atoms with Crippen LogP contribution in [0.5, 0.6) is 0 Å². The van der Waals surface area contributed by atoms with E-state index in [9.17, 15) is 0 Å². The molecule has 154 valence electrons. The topological polar surface area (TPSA) is 44.5 Å². The molecule has 0 bridgehead atoms. The van der Waals surface area contributed by atoms with Crippen LogP contribution in [-0.2, 0) is 9.31 Å². The molecule has 1 saturated heterocycles. The third-order valence-electron chi connectivity index (χ3n) is 6.70. The van der Waals surface area contributed by atoms with Crippen LogP contribution in [0.4, 0.5) is 0 Å². The Morgan fingerprint density at radius 2 is 1.15 bits per heavy atom. The van der Waals surface area contributed by atoms with E-state index in [1.165, 1.54) is 0 Å². The van der Waals surface area contributed by atoms with E-state index in [2.05, 4.69) is 90.0 Å². The van der Waals surface area contributed by atoms with E-state index in [1.807, 2.05) is 6.20 Å². The molecular weight excluding hydrogens is 353 g/mol. The van der Waals surface area contributed by atoms with E-state index in [1.54, 1.807) is 0 Å². The van der Waals surface area contributed by atoms with Crippen molar-refractivity contribution in [2.24, 2.45) is 0 Å². The van der Waals surface area contributed by atoms with Crippen LogP contribution < -0.4 is 11.2 Å². The van der Waals surface area contributed by atoms with E-state index >= 15 is 0 Å². The van der Waals surface area contributed by atoms with Crippen molar-refractivity contribution in [1.82, 2.24) is 4.98 Å². The average Bonchev–Trinajstić information content (AvgIpc) is 2.88. The van der Waals surface area contributed by atoms with Crippen molar-refractivity contribution in [3.05, 3.63) is 6.20 Å². The highest BCUT2D eigenvalue weighted by Gasteiger charge is 2.64. The van der Waals surface area contributed by atoms with Gasteiger partial charge in [0.15, 0.2) is 19.2 Å². The molecule has 2 rings (SSSR count). The molecule has 0 N–H and O–H groups in total. The Kier molecular flexibility index (Phi) is 5.21. The largest absolute Gasteiger partial charge is 0.534 e. The molecule has 0 spiro atoms. The lowest BCUT2D eigenvalue weighted by Crippen LogP contribution is -2.67. The molecule has 0 unspecified atom stereocenters. The fourth-order valence-electron chi connectivity index (χ4n) is 5.87. The van der Waals surface area contributed by atoms with Gasteiger partial charge in [0.25, 0.3) is 0 Å². The average molecular weight is 393 g/mol. The van der Waals surface area contributed by atoms with Crippen molar-refractivity contribution < 1.29 is 13.7 Å². The zero-order chi connectivity index (χ0) is 21.3. The minimum atomic E-state index is -2.27. The zero-order valence-corrected chi connectivity index (χ0v) is 20.8. The van der Waals surface area contributed by atoms with Gasteiger partial charge in [0.1, 0.15) is 0 Å². The lowest BCUT2D eigenvalue weighted by molar-refractivity contribution is 0.00578. The Morgan fingerprint density at radius 1 is 0.778 bits per heavy atom. The predicted molar refractivity (Wildman–Crippen MR) is 117 cm³/mol. The molecule has 1 aromatic heterocycles. The highest BCUT2D eigenvalue weighted by Crippen LogP contribution is 2.61. The standard InChI is InChI=1S/C21H40BNO3Si/c1-17(2,3)27(18(4,5)6,19(7,8)9)16-23-14-15(24-16)22-25-20(10,11)21(12,13)26-22/h14H,1-13H3. The van der Waals surface area contributed by atoms with Crippen LogP contribution in [0, 0.1) is 0 Å². The summed E-state index contributed by atoms with van der Waals surface area (Å²) < 4.78 is 18.9. The van der Waals surface area contributed by atoms with Gasteiger partial charge in [0.2, 0.25) is 0 Å². The van der Waals surface area contributed by atoms with Gasteiger partial charge in [0.05, 0.1) is 17.4 Å². The quantitative estimate of drug-likeness (QED) is 0.661. The maximum absolute atomic E-state index is 6.50. The second-order valence-electron chi connectivity index (χ2n) is 12.2. The number of nitrogens with zero attached hydrogens (tertiary/aromatic N) is 1. The zero-order valence-electron chi connectivity index (χ0n) is 19.8. The summed E-state index contributed by atoms with van der Waals surface area (Å²) in [4.78, 5) is 4.86. The smallest absolute Gasteiger partial charge is 0.454 e. The first kappa shape index (κ1) is 22.7. The SMILES string of the molecule is CC1(C)OB(c2cnc([Si](C(C)(C)C)(C(C)(C)C)C(C)(C)C)o2)OC1(C)C. The van der Waals surface area contributed by atoms with Crippen molar-refractivity contribution in [3.63, 3.8) is 0 Å². The molecule has 4 nitrogen and oxygen atoms in total. The molecule has 0 aromatic carbocycles. The third-order valence-corrected chi connectivity index (χ3v) is 14.3. The molecule has 2 heterocycles. The molecule has 6 heteroatoms. The monoisotopic (exact) mass is 393 g/mol. The van der Waals surface area contributed by atoms with Gasteiger partial charge in [-0.15, -0.1) is 0 Å². The normalized spacial score (nSPS) is 21.0. The maximum Gasteiger partial charge on any atom is 0.534 e. The number of aromatic nitrogens is 1. The van der Waals surface area contributed by atoms with Crippen LogP contribution in [-0.4, -0.2) is 31.4 Å². The minimum absolute atomic E-state index is 0.0710. The maximum atomic E-state index is 6.50. The van der Waals surface area contributed by atoms with Crippen LogP contribution in [0.1, 0.15) is 90.0 Å². The summed E-state index contributed by atoms with van der Waals surface area (Å²) >= 11 is 0. The van der Waals surface area contributed by atoms with Gasteiger partial charge in [-0.1, -0.05) is 62.3 Å². The first-order chi connectivity index (χ1) is 11.8. The number of hydrogen-bond acceptors (Lipinski definition) is 4. The Hall–Kier alpha value is -0.588. The Balaban J connectivity index is 2.60. The van der Waals surface area contributed by atoms with Crippen molar-refractivity contribution >= 4 is 26.4 Å². The molecule has 1 fully saturated rings. The lowest BCUT2D eigenvalue weighted by atomic mass is 9.87. The minimum Gasteiger partial charge on any atom is -0.454 e. The van der Waals surface area contributed by atoms with Gasteiger partial charge in [-0.3, -0.25) is 0 Å². The Bertz CT molecular complexity index is 637. The van der Waals surface area contributed by atoms with E-state index < -0.39 is 26.4 Å². The Morgan fingerprint density at radius 3 is 1.48 bits per heavy atom. The molecule has 0 aliphatic carbocycles. The van der Waals surface area contributed by atoms with E-state index in [4.69, 9.17) is 18.7 Å². The highest BCUT2D eigenvalue weighted by atomic mass is 28.3. The van der Waals surface area contributed by atoms with Crippen LogP contribution in [0.25, 0.3) is 0 Å². The van der Waals surface area contributed by atoms with Gasteiger partial charge in [0, 0.05) is 0 Å². The summed E-state index contributed by atoms with van der Waals surface area (Å²) in [5.74, 6) is 0. The molecule has 27 heavy (non-hydrogen) atoms. The summed E-state index contributed by atoms with van der Waals surface area (Å²) in [6.45, 7) is 29.3. The second-order valence-corrected chi connectivity index (χ2v) is 18.6. The van der Waals surface area contributed by atoms with Gasteiger partial charge in [-0.05, 0) is 42.8 Å². The lowest BCUT2D eigenvalue weighted by Gasteiger charge is -2.56. The molecule has 0 atom stereocenters. The molecule has 1 aromatic rings. The van der Waals surface area contributed by atoms with Gasteiger partial charge in [-0.2, -0.15) is 0 Å². The molecule has 0 saturated carbocycles. The van der Waals surface area contributed by atoms with Crippen molar-refractivity contribution in [1.29, 1.82) is 0 Å². The summed E-state index contributed by atoms with van der Waals surface area (Å²) in [7, 11) is -2.78. The fourth-order valence-corrected chi connectivity index (χ4v) is 15.1. The van der Waals surface area contributed by atoms with Crippen LogP contribution in [0.15, 0.2) is 10.6 Å². The number of hydrogen-bond donors (Lipinski definition) is 0. The summed E-state index contributed by atoms with van der Waals surface area (Å²) in [5.41, 5.74) is 0.798. The summed E-state index contributed by atoms with van der Waals surface area (Å²) in [5, 5.41) is 0.213. The number of oxazole rings is 1. The molecule has 1 aliphatic rings. The van der Waals surface area contributed by atoms with Gasteiger partial charge >= 0.3 is 7.12 Å². The second kappa shape index (κ2) is 6.20. The highest BCUT2D eigenvalue weighted by molar-refractivity contribution is 6.97. The van der Waals surface area contributed by atoms with Crippen molar-refractivity contribution in [3.8, 4) is 0 Å². The first-order valence-corrected chi connectivity index (χ1v) is 12.1. The number of rotatable bonds is 2. The summed E-state index contributed by atoms with van der Waals surface area (Å²) in [6, 6.07) is 0. The Labute approximate surface area is 168 Å². The van der Waals surface area contributed by atoms with Gasteiger partial charge < -0.3 is 13.7 Å². The van der Waals surface area contributed by atoms with E-state index in [0.717, 1.165) is 5.51 Å². The fraction of sp³-hybridized carbons (Fsp3) is 0.857. The molecular formula is C21H40BNO3Si. The first-order valence-electron chi connectivity index (χ1n) is 10.1. The van der Waals surface area contributed by atoms with E-state index in [-0.39, 0.29) is 15.1 Å². The van der Waals surface area contributed by atoms with Crippen molar-refractivity contribution in [2.75, 3.05) is 0 Å². The third kappa shape index (κ3) is 3.36. The van der Waals surface area contributed by atoms with Crippen LogP contribution >= 0.6 is 0 Å². The molecule has 0 radical (unpaired) electrons. The van der Waals surface area contributed by atoms with E-state index in [0.29, 0.717) is 5.66 Å². The molecule has 0 amide bonds. The van der Waals surface area contributed by atoms with Crippen LogP contribution in [0.2, 0.25) is 15.1 Å². The molecule has 1 aliphatic heterocycles. The van der Waals surface area contributed by atoms with Crippen molar-refractivity contribution in [2.45, 2.75) is 116 Å².